The molecule has 3 rings (SSSR count). The van der Waals surface area contributed by atoms with E-state index in [1.807, 2.05) is 0 Å². The lowest BCUT2D eigenvalue weighted by Crippen LogP contribution is -2.49. The molecule has 144 valence electrons. The largest absolute Gasteiger partial charge is 0.293 e. The van der Waals surface area contributed by atoms with Crippen molar-refractivity contribution < 1.29 is 22.0 Å². The number of nitrogens with zero attached hydrogens (tertiary/aromatic N) is 2. The fourth-order valence-corrected chi connectivity index (χ4v) is 4.45. The number of carbonyl (C=O) groups excluding carboxylic acids is 1. The summed E-state index contributed by atoms with van der Waals surface area (Å²) in [6.45, 7) is 2.96. The highest BCUT2D eigenvalue weighted by Gasteiger charge is 2.29. The third-order valence-electron chi connectivity index (χ3n) is 4.57. The highest BCUT2D eigenvalue weighted by atomic mass is 32.2. The maximum Gasteiger partial charge on any atom is 0.243 e. The van der Waals surface area contributed by atoms with Crippen molar-refractivity contribution in [3.05, 3.63) is 65.2 Å². The zero-order chi connectivity index (χ0) is 19.6. The van der Waals surface area contributed by atoms with E-state index in [2.05, 4.69) is 0 Å². The molecule has 0 bridgehead atoms. The highest BCUT2D eigenvalue weighted by molar-refractivity contribution is 7.89. The van der Waals surface area contributed by atoms with Crippen molar-refractivity contribution in [2.45, 2.75) is 11.8 Å². The fraction of sp³-hybridized carbons (Fsp3) is 0.316. The van der Waals surface area contributed by atoms with Crippen LogP contribution in [-0.4, -0.2) is 56.1 Å². The van der Waals surface area contributed by atoms with E-state index < -0.39 is 21.7 Å². The molecule has 0 unspecified atom stereocenters. The molecule has 0 saturated carbocycles. The number of halogens is 2. The van der Waals surface area contributed by atoms with Gasteiger partial charge in [-0.2, -0.15) is 4.31 Å². The molecule has 0 spiro atoms. The van der Waals surface area contributed by atoms with Crippen molar-refractivity contribution in [3.63, 3.8) is 0 Å². The predicted octanol–water partition coefficient (Wildman–Crippen LogP) is 2.46. The van der Waals surface area contributed by atoms with E-state index in [1.54, 1.807) is 17.9 Å². The van der Waals surface area contributed by atoms with Crippen molar-refractivity contribution in [2.75, 3.05) is 32.7 Å². The number of hydrogen-bond donors (Lipinski definition) is 0. The van der Waals surface area contributed by atoms with Gasteiger partial charge < -0.3 is 0 Å². The Morgan fingerprint density at radius 3 is 2.26 bits per heavy atom. The Bertz CT molecular complexity index is 938. The van der Waals surface area contributed by atoms with Crippen LogP contribution in [0.3, 0.4) is 0 Å². The Hall–Kier alpha value is -2.16. The molecule has 2 aromatic carbocycles. The van der Waals surface area contributed by atoms with Gasteiger partial charge in [0.2, 0.25) is 10.0 Å². The average Bonchev–Trinajstić information content (AvgIpc) is 2.64. The molecule has 1 aliphatic heterocycles. The van der Waals surface area contributed by atoms with Crippen LogP contribution in [0.2, 0.25) is 0 Å². The summed E-state index contributed by atoms with van der Waals surface area (Å²) < 4.78 is 53.4. The third kappa shape index (κ3) is 4.40. The molecule has 1 fully saturated rings. The molecule has 0 amide bonds. The first-order chi connectivity index (χ1) is 12.8. The molecule has 1 aliphatic rings. The summed E-state index contributed by atoms with van der Waals surface area (Å²) in [5, 5.41) is 0. The third-order valence-corrected chi connectivity index (χ3v) is 6.49. The zero-order valence-electron chi connectivity index (χ0n) is 14.9. The molecule has 1 saturated heterocycles. The van der Waals surface area contributed by atoms with E-state index in [0.29, 0.717) is 13.1 Å². The summed E-state index contributed by atoms with van der Waals surface area (Å²) in [5.41, 5.74) is 0.853. The number of benzene rings is 2. The van der Waals surface area contributed by atoms with E-state index >= 15 is 0 Å². The second kappa shape index (κ2) is 7.84. The number of piperazine rings is 1. The van der Waals surface area contributed by atoms with Crippen LogP contribution in [0.1, 0.15) is 15.9 Å². The lowest BCUT2D eigenvalue weighted by Gasteiger charge is -2.33. The zero-order valence-corrected chi connectivity index (χ0v) is 15.7. The summed E-state index contributed by atoms with van der Waals surface area (Å²) in [5.74, 6) is -1.38. The van der Waals surface area contributed by atoms with Crippen LogP contribution in [0, 0.1) is 18.6 Å². The van der Waals surface area contributed by atoms with E-state index in [4.69, 9.17) is 0 Å². The minimum atomic E-state index is -3.70. The van der Waals surface area contributed by atoms with Crippen molar-refractivity contribution in [1.29, 1.82) is 0 Å². The first kappa shape index (κ1) is 19.6. The van der Waals surface area contributed by atoms with Gasteiger partial charge in [-0.1, -0.05) is 11.6 Å². The molecule has 0 aliphatic carbocycles. The van der Waals surface area contributed by atoms with Crippen LogP contribution in [-0.2, 0) is 10.0 Å². The van der Waals surface area contributed by atoms with Gasteiger partial charge in [-0.3, -0.25) is 9.69 Å². The number of hydrogen-bond acceptors (Lipinski definition) is 4. The first-order valence-corrected chi connectivity index (χ1v) is 9.99. The Labute approximate surface area is 157 Å². The normalized spacial score (nSPS) is 16.4. The molecule has 0 N–H and O–H groups in total. The van der Waals surface area contributed by atoms with Gasteiger partial charge in [0.05, 0.1) is 17.0 Å². The molecule has 5 nitrogen and oxygen atoms in total. The minimum absolute atomic E-state index is 0.0325. The van der Waals surface area contributed by atoms with Crippen LogP contribution < -0.4 is 0 Å². The van der Waals surface area contributed by atoms with Crippen LogP contribution >= 0.6 is 0 Å². The molecule has 0 radical (unpaired) electrons. The second-order valence-electron chi connectivity index (χ2n) is 6.54. The number of sulfonamides is 1. The van der Waals surface area contributed by atoms with Gasteiger partial charge in [0, 0.05) is 26.2 Å². The first-order valence-electron chi connectivity index (χ1n) is 8.55. The number of ketones is 1. The lowest BCUT2D eigenvalue weighted by atomic mass is 10.1. The van der Waals surface area contributed by atoms with E-state index in [0.717, 1.165) is 17.7 Å². The van der Waals surface area contributed by atoms with E-state index in [-0.39, 0.29) is 35.9 Å². The Morgan fingerprint density at radius 1 is 1.00 bits per heavy atom. The molecule has 8 heteroatoms. The quantitative estimate of drug-likeness (QED) is 0.731. The molecule has 0 atom stereocenters. The van der Waals surface area contributed by atoms with Crippen LogP contribution in [0.15, 0.2) is 47.4 Å². The minimum Gasteiger partial charge on any atom is -0.293 e. The molecule has 1 heterocycles. The Morgan fingerprint density at radius 2 is 1.63 bits per heavy atom. The summed E-state index contributed by atoms with van der Waals surface area (Å²) in [7, 11) is -3.70. The number of Topliss-reactive ketones (excluding diaryl/α,β-unsaturated/α-hetero) is 1. The van der Waals surface area contributed by atoms with Gasteiger partial charge in [0.25, 0.3) is 0 Å². The average molecular weight is 394 g/mol. The van der Waals surface area contributed by atoms with Gasteiger partial charge in [-0.15, -0.1) is 0 Å². The van der Waals surface area contributed by atoms with Crippen LogP contribution in [0.4, 0.5) is 8.78 Å². The Kier molecular flexibility index (Phi) is 5.69. The summed E-state index contributed by atoms with van der Waals surface area (Å²) >= 11 is 0. The van der Waals surface area contributed by atoms with Crippen molar-refractivity contribution in [2.24, 2.45) is 0 Å². The van der Waals surface area contributed by atoms with Gasteiger partial charge in [-0.25, -0.2) is 17.2 Å². The van der Waals surface area contributed by atoms with Gasteiger partial charge in [-0.05, 0) is 43.3 Å². The van der Waals surface area contributed by atoms with Gasteiger partial charge in [0.1, 0.15) is 11.6 Å². The number of carbonyl (C=O) groups is 1. The molecular weight excluding hydrogens is 374 g/mol. The smallest absolute Gasteiger partial charge is 0.243 e. The predicted molar refractivity (Wildman–Crippen MR) is 97.1 cm³/mol. The fourth-order valence-electron chi connectivity index (χ4n) is 3.02. The van der Waals surface area contributed by atoms with E-state index in [1.165, 1.54) is 28.6 Å². The lowest BCUT2D eigenvalue weighted by molar-refractivity contribution is 0.0897. The van der Waals surface area contributed by atoms with Crippen molar-refractivity contribution in [3.8, 4) is 0 Å². The molecule has 2 aromatic rings. The summed E-state index contributed by atoms with van der Waals surface area (Å²) in [6, 6.07) is 9.09. The van der Waals surface area contributed by atoms with Crippen molar-refractivity contribution in [1.82, 2.24) is 9.21 Å². The topological polar surface area (TPSA) is 57.7 Å². The summed E-state index contributed by atoms with van der Waals surface area (Å²) in [6.07, 6.45) is 0. The number of aryl methyl sites for hydroxylation is 1. The maximum atomic E-state index is 13.9. The standard InChI is InChI=1S/C19H20F2N2O3S/c1-14-2-7-18(21)17(12-14)19(24)13-22-8-10-23(11-9-22)27(25,26)16-5-3-15(20)4-6-16/h2-7,12H,8-11,13H2,1H3. The summed E-state index contributed by atoms with van der Waals surface area (Å²) in [4.78, 5) is 14.2. The van der Waals surface area contributed by atoms with Crippen LogP contribution in [0.5, 0.6) is 0 Å². The van der Waals surface area contributed by atoms with Gasteiger partial charge >= 0.3 is 0 Å². The van der Waals surface area contributed by atoms with E-state index in [9.17, 15) is 22.0 Å². The Balaban J connectivity index is 1.62. The number of rotatable bonds is 5. The van der Waals surface area contributed by atoms with Crippen LogP contribution in [0.25, 0.3) is 0 Å². The molecule has 27 heavy (non-hydrogen) atoms. The monoisotopic (exact) mass is 394 g/mol. The maximum absolute atomic E-state index is 13.9. The molecule has 0 aromatic heterocycles. The van der Waals surface area contributed by atoms with Gasteiger partial charge in [0.15, 0.2) is 5.78 Å². The highest BCUT2D eigenvalue weighted by Crippen LogP contribution is 2.18. The SMILES string of the molecule is Cc1ccc(F)c(C(=O)CN2CCN(S(=O)(=O)c3ccc(F)cc3)CC2)c1. The van der Waals surface area contributed by atoms with Crippen molar-refractivity contribution >= 4 is 15.8 Å². The molecular formula is C19H20F2N2O3S. The second-order valence-corrected chi connectivity index (χ2v) is 8.48.